The molecule has 2 atom stereocenters. The SMILES string of the molecule is CCC(C)C1=CC(c2ccccc2C)N(C)C=C1S(C)(C)C. The molecule has 0 radical (unpaired) electrons. The highest BCUT2D eigenvalue weighted by Crippen LogP contribution is 2.53. The van der Waals surface area contributed by atoms with Gasteiger partial charge in [-0.05, 0) is 54.7 Å². The van der Waals surface area contributed by atoms with E-state index >= 15 is 0 Å². The maximum atomic E-state index is 2.52. The van der Waals surface area contributed by atoms with Crippen LogP contribution >= 0.6 is 10.0 Å². The van der Waals surface area contributed by atoms with E-state index in [0.29, 0.717) is 12.0 Å². The Morgan fingerprint density at radius 3 is 2.36 bits per heavy atom. The van der Waals surface area contributed by atoms with Crippen molar-refractivity contribution in [3.05, 3.63) is 58.1 Å². The van der Waals surface area contributed by atoms with Gasteiger partial charge >= 0.3 is 0 Å². The lowest BCUT2D eigenvalue weighted by Crippen LogP contribution is -2.25. The van der Waals surface area contributed by atoms with Crippen LogP contribution in [-0.2, 0) is 0 Å². The van der Waals surface area contributed by atoms with Crippen LogP contribution in [0, 0.1) is 12.8 Å². The molecule has 1 aromatic carbocycles. The molecule has 0 N–H and O–H groups in total. The minimum absolute atomic E-state index is 0.357. The zero-order chi connectivity index (χ0) is 16.5. The third-order valence-corrected chi connectivity index (χ3v) is 6.35. The highest BCUT2D eigenvalue weighted by atomic mass is 32.3. The monoisotopic (exact) mass is 317 g/mol. The molecule has 0 spiro atoms. The van der Waals surface area contributed by atoms with Gasteiger partial charge in [-0.2, -0.15) is 0 Å². The Kier molecular flexibility index (Phi) is 5.11. The lowest BCUT2D eigenvalue weighted by Gasteiger charge is -2.40. The van der Waals surface area contributed by atoms with Crippen LogP contribution in [0.25, 0.3) is 0 Å². The summed E-state index contributed by atoms with van der Waals surface area (Å²) in [6.07, 6.45) is 13.3. The predicted octanol–water partition coefficient (Wildman–Crippen LogP) is 5.49. The Hall–Kier alpha value is -1.15. The van der Waals surface area contributed by atoms with Crippen molar-refractivity contribution in [3.8, 4) is 0 Å². The van der Waals surface area contributed by atoms with Crippen molar-refractivity contribution < 1.29 is 0 Å². The molecule has 122 valence electrons. The second kappa shape index (κ2) is 6.54. The van der Waals surface area contributed by atoms with Crippen molar-refractivity contribution in [3.63, 3.8) is 0 Å². The van der Waals surface area contributed by atoms with Gasteiger partial charge in [0.15, 0.2) is 0 Å². The molecule has 0 aliphatic carbocycles. The number of nitrogens with zero attached hydrogens (tertiary/aromatic N) is 1. The van der Waals surface area contributed by atoms with Crippen LogP contribution in [0.1, 0.15) is 37.4 Å². The summed E-state index contributed by atoms with van der Waals surface area (Å²) in [6.45, 7) is 6.88. The van der Waals surface area contributed by atoms with Gasteiger partial charge in [-0.3, -0.25) is 0 Å². The van der Waals surface area contributed by atoms with Crippen LogP contribution < -0.4 is 0 Å². The minimum atomic E-state index is -0.728. The first-order chi connectivity index (χ1) is 10.3. The van der Waals surface area contributed by atoms with Gasteiger partial charge in [0.1, 0.15) is 0 Å². The summed E-state index contributed by atoms with van der Waals surface area (Å²) in [5.41, 5.74) is 4.36. The van der Waals surface area contributed by atoms with Crippen molar-refractivity contribution in [2.75, 3.05) is 25.8 Å². The first-order valence-corrected chi connectivity index (χ1v) is 11.0. The molecule has 2 unspecified atom stereocenters. The normalized spacial score (nSPS) is 21.2. The van der Waals surface area contributed by atoms with E-state index in [0.717, 1.165) is 0 Å². The van der Waals surface area contributed by atoms with E-state index in [9.17, 15) is 0 Å². The number of aryl methyl sites for hydroxylation is 1. The smallest absolute Gasteiger partial charge is 0.0726 e. The summed E-state index contributed by atoms with van der Waals surface area (Å²) in [4.78, 5) is 3.95. The number of rotatable bonds is 4. The Morgan fingerprint density at radius 2 is 1.82 bits per heavy atom. The molecule has 0 aromatic heterocycles. The molecule has 0 amide bonds. The Morgan fingerprint density at radius 1 is 1.18 bits per heavy atom. The molecular formula is C20H31NS. The van der Waals surface area contributed by atoms with E-state index < -0.39 is 10.0 Å². The maximum absolute atomic E-state index is 2.52. The molecule has 1 aromatic rings. The van der Waals surface area contributed by atoms with Crippen LogP contribution in [0.15, 0.2) is 47.0 Å². The fourth-order valence-corrected chi connectivity index (χ4v) is 4.53. The number of benzene rings is 1. The average Bonchev–Trinajstić information content (AvgIpc) is 2.46. The zero-order valence-corrected chi connectivity index (χ0v) is 16.0. The van der Waals surface area contributed by atoms with Gasteiger partial charge < -0.3 is 4.90 Å². The highest BCUT2D eigenvalue weighted by Gasteiger charge is 2.28. The van der Waals surface area contributed by atoms with Gasteiger partial charge in [0, 0.05) is 18.2 Å². The molecule has 0 fully saturated rings. The Bertz CT molecular complexity index is 592. The van der Waals surface area contributed by atoms with Crippen LogP contribution in [0.3, 0.4) is 0 Å². The van der Waals surface area contributed by atoms with Crippen molar-refractivity contribution in [1.29, 1.82) is 0 Å². The van der Waals surface area contributed by atoms with Crippen molar-refractivity contribution in [2.45, 2.75) is 33.2 Å². The van der Waals surface area contributed by atoms with Gasteiger partial charge in [-0.1, -0.05) is 44.2 Å². The summed E-state index contributed by atoms with van der Waals surface area (Å²) in [6, 6.07) is 9.12. The standard InChI is InChI=1S/C20H31NS/c1-8-15(2)18-13-19(17-12-10-9-11-16(17)3)21(4)14-20(18)22(5,6)7/h9-15,19H,8H2,1-7H3. The summed E-state index contributed by atoms with van der Waals surface area (Å²) in [7, 11) is 1.49. The molecule has 0 saturated heterocycles. The highest BCUT2D eigenvalue weighted by molar-refractivity contribution is 8.35. The quantitative estimate of drug-likeness (QED) is 0.710. The summed E-state index contributed by atoms with van der Waals surface area (Å²) in [5, 5.41) is 0. The van der Waals surface area contributed by atoms with Crippen molar-refractivity contribution in [1.82, 2.24) is 4.90 Å². The maximum Gasteiger partial charge on any atom is 0.0726 e. The lowest BCUT2D eigenvalue weighted by molar-refractivity contribution is 0.380. The van der Waals surface area contributed by atoms with Crippen LogP contribution in [-0.4, -0.2) is 30.7 Å². The van der Waals surface area contributed by atoms with E-state index in [-0.39, 0.29) is 0 Å². The lowest BCUT2D eigenvalue weighted by atomic mass is 9.90. The first kappa shape index (κ1) is 17.2. The number of hydrogen-bond donors (Lipinski definition) is 0. The number of hydrogen-bond acceptors (Lipinski definition) is 1. The van der Waals surface area contributed by atoms with Crippen molar-refractivity contribution >= 4 is 10.0 Å². The van der Waals surface area contributed by atoms with E-state index in [1.165, 1.54) is 17.5 Å². The molecule has 2 heteroatoms. The first-order valence-electron chi connectivity index (χ1n) is 8.15. The van der Waals surface area contributed by atoms with E-state index in [1.54, 1.807) is 10.5 Å². The van der Waals surface area contributed by atoms with Gasteiger partial charge in [-0.15, -0.1) is 0 Å². The molecule has 0 saturated carbocycles. The van der Waals surface area contributed by atoms with Crippen LogP contribution in [0.2, 0.25) is 0 Å². The predicted molar refractivity (Wildman–Crippen MR) is 103 cm³/mol. The second-order valence-electron chi connectivity index (χ2n) is 7.23. The molecule has 22 heavy (non-hydrogen) atoms. The third kappa shape index (κ3) is 3.43. The fraction of sp³-hybridized carbons (Fsp3) is 0.500. The van der Waals surface area contributed by atoms with Gasteiger partial charge in [0.2, 0.25) is 0 Å². The zero-order valence-electron chi connectivity index (χ0n) is 15.2. The molecular weight excluding hydrogens is 286 g/mol. The summed E-state index contributed by atoms with van der Waals surface area (Å²) >= 11 is 0. The third-order valence-electron chi connectivity index (χ3n) is 4.69. The minimum Gasteiger partial charge on any atom is -0.369 e. The van der Waals surface area contributed by atoms with Gasteiger partial charge in [0.25, 0.3) is 0 Å². The van der Waals surface area contributed by atoms with Gasteiger partial charge in [-0.25, -0.2) is 10.0 Å². The van der Waals surface area contributed by atoms with E-state index in [1.807, 2.05) is 0 Å². The molecule has 1 nitrogen and oxygen atoms in total. The summed E-state index contributed by atoms with van der Waals surface area (Å²) < 4.78 is 0. The topological polar surface area (TPSA) is 3.24 Å². The Labute approximate surface area is 138 Å². The summed E-state index contributed by atoms with van der Waals surface area (Å²) in [5.74, 6) is 0.623. The van der Waals surface area contributed by atoms with E-state index in [4.69, 9.17) is 0 Å². The molecule has 0 bridgehead atoms. The van der Waals surface area contributed by atoms with Crippen LogP contribution in [0.5, 0.6) is 0 Å². The largest absolute Gasteiger partial charge is 0.369 e. The fourth-order valence-electron chi connectivity index (χ4n) is 3.08. The average molecular weight is 318 g/mol. The van der Waals surface area contributed by atoms with E-state index in [2.05, 4.69) is 88.0 Å². The van der Waals surface area contributed by atoms with Crippen LogP contribution in [0.4, 0.5) is 0 Å². The molecule has 1 aliphatic rings. The second-order valence-corrected chi connectivity index (χ2v) is 11.3. The van der Waals surface area contributed by atoms with Gasteiger partial charge in [0.05, 0.1) is 6.04 Å². The molecule has 1 aliphatic heterocycles. The van der Waals surface area contributed by atoms with Crippen molar-refractivity contribution in [2.24, 2.45) is 5.92 Å². The number of allylic oxidation sites excluding steroid dienone is 1. The molecule has 2 rings (SSSR count). The molecule has 1 heterocycles. The Balaban J connectivity index is 2.51. The number of likely N-dealkylation sites (N-methyl/N-ethyl adjacent to an activating group) is 1.